The van der Waals surface area contributed by atoms with Crippen LogP contribution in [0.25, 0.3) is 0 Å². The molecule has 172 valence electrons. The quantitative estimate of drug-likeness (QED) is 0.408. The van der Waals surface area contributed by atoms with Gasteiger partial charge in [0.2, 0.25) is 0 Å². The van der Waals surface area contributed by atoms with Gasteiger partial charge in [0.15, 0.2) is 6.17 Å². The standard InChI is InChI=1S/C23H27N3O.C5H12/c1-4-10-17(2)15-18(3)24-23-20-13-8-9-14-21(20)25-22(26-23)16-27-19-11-6-5-7-12-19;1-3-5-4-2/h5-9,11-15,22,25H,3-4,10,16H2,1-2H3,(H,24,26);3-5H2,1-2H3/b17-15+;. The summed E-state index contributed by atoms with van der Waals surface area (Å²) in [7, 11) is 0. The monoisotopic (exact) mass is 433 g/mol. The lowest BCUT2D eigenvalue weighted by atomic mass is 10.1. The molecule has 0 aromatic heterocycles. The summed E-state index contributed by atoms with van der Waals surface area (Å²) in [4.78, 5) is 4.81. The van der Waals surface area contributed by atoms with E-state index in [1.165, 1.54) is 24.8 Å². The van der Waals surface area contributed by atoms with Gasteiger partial charge >= 0.3 is 0 Å². The van der Waals surface area contributed by atoms with E-state index < -0.39 is 0 Å². The molecule has 2 aromatic rings. The van der Waals surface area contributed by atoms with Crippen LogP contribution in [0.1, 0.15) is 65.4 Å². The second-order valence-electron chi connectivity index (χ2n) is 8.05. The van der Waals surface area contributed by atoms with Crippen LogP contribution in [0.15, 0.2) is 83.5 Å². The van der Waals surface area contributed by atoms with Crippen molar-refractivity contribution in [3.05, 3.63) is 84.1 Å². The van der Waals surface area contributed by atoms with Gasteiger partial charge in [-0.05, 0) is 43.7 Å². The van der Waals surface area contributed by atoms with Crippen molar-refractivity contribution >= 4 is 11.5 Å². The number of unbranched alkanes of at least 4 members (excludes halogenated alkanes) is 2. The molecule has 0 radical (unpaired) electrons. The molecular formula is C28H39N3O. The molecule has 3 rings (SSSR count). The van der Waals surface area contributed by atoms with E-state index in [1.54, 1.807) is 0 Å². The Morgan fingerprint density at radius 1 is 1.03 bits per heavy atom. The van der Waals surface area contributed by atoms with Crippen molar-refractivity contribution in [1.29, 1.82) is 0 Å². The molecule has 0 bridgehead atoms. The van der Waals surface area contributed by atoms with Gasteiger partial charge in [-0.1, -0.05) is 88.9 Å². The second-order valence-corrected chi connectivity index (χ2v) is 8.05. The lowest BCUT2D eigenvalue weighted by Gasteiger charge is -2.26. The first-order valence-corrected chi connectivity index (χ1v) is 11.8. The molecule has 0 amide bonds. The molecule has 2 aromatic carbocycles. The first kappa shape index (κ1) is 25.3. The molecule has 0 fully saturated rings. The fourth-order valence-electron chi connectivity index (χ4n) is 3.43. The number of rotatable bonds is 9. The number of hydrogen-bond donors (Lipinski definition) is 2. The Kier molecular flexibility index (Phi) is 11.1. The van der Waals surface area contributed by atoms with Crippen LogP contribution in [0.3, 0.4) is 0 Å². The van der Waals surface area contributed by atoms with Gasteiger partial charge in [-0.2, -0.15) is 0 Å². The second kappa shape index (κ2) is 14.1. The Morgan fingerprint density at radius 2 is 1.72 bits per heavy atom. The van der Waals surface area contributed by atoms with Crippen molar-refractivity contribution in [3.63, 3.8) is 0 Å². The van der Waals surface area contributed by atoms with E-state index in [4.69, 9.17) is 9.73 Å². The maximum Gasteiger partial charge on any atom is 0.155 e. The fourth-order valence-corrected chi connectivity index (χ4v) is 3.43. The van der Waals surface area contributed by atoms with Gasteiger partial charge in [0.25, 0.3) is 0 Å². The number of fused-ring (bicyclic) bond motifs is 1. The lowest BCUT2D eigenvalue weighted by molar-refractivity contribution is 0.299. The maximum absolute atomic E-state index is 5.88. The topological polar surface area (TPSA) is 45.7 Å². The van der Waals surface area contributed by atoms with Crippen molar-refractivity contribution in [2.24, 2.45) is 4.99 Å². The number of allylic oxidation sites excluding steroid dienone is 2. The third-order valence-electron chi connectivity index (χ3n) is 4.99. The zero-order valence-corrected chi connectivity index (χ0v) is 20.2. The van der Waals surface area contributed by atoms with Crippen LogP contribution in [0.2, 0.25) is 0 Å². The number of amidine groups is 1. The van der Waals surface area contributed by atoms with Crippen LogP contribution >= 0.6 is 0 Å². The minimum Gasteiger partial charge on any atom is -0.489 e. The zero-order chi connectivity index (χ0) is 23.2. The van der Waals surface area contributed by atoms with Crippen molar-refractivity contribution in [2.45, 2.75) is 66.0 Å². The van der Waals surface area contributed by atoms with Crippen LogP contribution in [0.4, 0.5) is 5.69 Å². The average molecular weight is 434 g/mol. The molecular weight excluding hydrogens is 394 g/mol. The van der Waals surface area contributed by atoms with Crippen LogP contribution in [0, 0.1) is 0 Å². The number of nitrogens with zero attached hydrogens (tertiary/aromatic N) is 1. The van der Waals surface area contributed by atoms with Gasteiger partial charge < -0.3 is 15.4 Å². The van der Waals surface area contributed by atoms with Crippen LogP contribution in [0.5, 0.6) is 5.75 Å². The van der Waals surface area contributed by atoms with Gasteiger partial charge in [-0.3, -0.25) is 0 Å². The van der Waals surface area contributed by atoms with Crippen molar-refractivity contribution in [1.82, 2.24) is 5.32 Å². The molecule has 4 nitrogen and oxygen atoms in total. The molecule has 0 saturated carbocycles. The van der Waals surface area contributed by atoms with Crippen LogP contribution < -0.4 is 15.4 Å². The highest BCUT2D eigenvalue weighted by Gasteiger charge is 2.20. The van der Waals surface area contributed by atoms with Gasteiger partial charge in [-0.25, -0.2) is 4.99 Å². The molecule has 0 spiro atoms. The number of ether oxygens (including phenoxy) is 1. The Balaban J connectivity index is 0.000000654. The summed E-state index contributed by atoms with van der Waals surface area (Å²) in [5.74, 6) is 1.65. The minimum atomic E-state index is -0.170. The normalized spacial score (nSPS) is 14.8. The van der Waals surface area contributed by atoms with E-state index in [9.17, 15) is 0 Å². The highest BCUT2D eigenvalue weighted by molar-refractivity contribution is 6.05. The predicted octanol–water partition coefficient (Wildman–Crippen LogP) is 7.31. The number of hydrogen-bond acceptors (Lipinski definition) is 4. The number of nitrogens with one attached hydrogen (secondary N) is 2. The summed E-state index contributed by atoms with van der Waals surface area (Å²) in [5.41, 5.74) is 4.23. The van der Waals surface area contributed by atoms with E-state index in [-0.39, 0.29) is 6.17 Å². The molecule has 2 N–H and O–H groups in total. The van der Waals surface area contributed by atoms with Gasteiger partial charge in [0.1, 0.15) is 18.2 Å². The highest BCUT2D eigenvalue weighted by atomic mass is 16.5. The maximum atomic E-state index is 5.88. The van der Waals surface area contributed by atoms with Gasteiger partial charge in [0, 0.05) is 16.9 Å². The molecule has 0 saturated heterocycles. The predicted molar refractivity (Wildman–Crippen MR) is 138 cm³/mol. The molecule has 1 unspecified atom stereocenters. The SMILES string of the molecule is C=C(/C=C(\C)CCC)NC1=NC(COc2ccccc2)Nc2ccccc21.CCCCC. The first-order valence-electron chi connectivity index (χ1n) is 11.8. The summed E-state index contributed by atoms with van der Waals surface area (Å²) in [5, 5.41) is 6.81. The summed E-state index contributed by atoms with van der Waals surface area (Å²) >= 11 is 0. The summed E-state index contributed by atoms with van der Waals surface area (Å²) in [6, 6.07) is 17.9. The van der Waals surface area contributed by atoms with Gasteiger partial charge in [-0.15, -0.1) is 0 Å². The zero-order valence-electron chi connectivity index (χ0n) is 20.2. The molecule has 0 aliphatic carbocycles. The Bertz CT molecular complexity index is 885. The lowest BCUT2D eigenvalue weighted by Crippen LogP contribution is -2.36. The Morgan fingerprint density at radius 3 is 2.38 bits per heavy atom. The third-order valence-corrected chi connectivity index (χ3v) is 4.99. The van der Waals surface area contributed by atoms with Gasteiger partial charge in [0.05, 0.1) is 0 Å². The smallest absolute Gasteiger partial charge is 0.155 e. The van der Waals surface area contributed by atoms with E-state index in [0.717, 1.165) is 41.4 Å². The summed E-state index contributed by atoms with van der Waals surface area (Å²) in [6.45, 7) is 13.3. The first-order chi connectivity index (χ1) is 15.6. The number of benzene rings is 2. The Labute approximate surface area is 194 Å². The Hall–Kier alpha value is -3.01. The largest absolute Gasteiger partial charge is 0.489 e. The van der Waals surface area contributed by atoms with E-state index in [1.807, 2.05) is 42.5 Å². The molecule has 1 atom stereocenters. The average Bonchev–Trinajstić information content (AvgIpc) is 2.79. The number of para-hydroxylation sites is 2. The molecule has 1 heterocycles. The minimum absolute atomic E-state index is 0.170. The summed E-state index contributed by atoms with van der Waals surface area (Å²) < 4.78 is 5.88. The fraction of sp³-hybridized carbons (Fsp3) is 0.393. The van der Waals surface area contributed by atoms with E-state index in [2.05, 4.69) is 63.1 Å². The van der Waals surface area contributed by atoms with Crippen molar-refractivity contribution in [3.8, 4) is 5.75 Å². The van der Waals surface area contributed by atoms with E-state index >= 15 is 0 Å². The molecule has 1 aliphatic rings. The number of aliphatic imine (C=N–C) groups is 1. The van der Waals surface area contributed by atoms with E-state index in [0.29, 0.717) is 6.61 Å². The molecule has 32 heavy (non-hydrogen) atoms. The van der Waals surface area contributed by atoms with Crippen LogP contribution in [-0.4, -0.2) is 18.6 Å². The summed E-state index contributed by atoms with van der Waals surface area (Å²) in [6.07, 6.45) is 8.19. The third kappa shape index (κ3) is 8.62. The molecule has 1 aliphatic heterocycles. The van der Waals surface area contributed by atoms with Crippen LogP contribution in [-0.2, 0) is 0 Å². The molecule has 4 heteroatoms. The highest BCUT2D eigenvalue weighted by Crippen LogP contribution is 2.22. The number of anilines is 1. The van der Waals surface area contributed by atoms with Crippen molar-refractivity contribution in [2.75, 3.05) is 11.9 Å². The van der Waals surface area contributed by atoms with Crippen molar-refractivity contribution < 1.29 is 4.74 Å².